The summed E-state index contributed by atoms with van der Waals surface area (Å²) in [6.45, 7) is 0. The maximum atomic E-state index is 11.3. The lowest BCUT2D eigenvalue weighted by Crippen LogP contribution is -2.09. The van der Waals surface area contributed by atoms with Gasteiger partial charge in [-0.25, -0.2) is 4.79 Å². The van der Waals surface area contributed by atoms with Gasteiger partial charge in [-0.05, 0) is 6.07 Å². The second kappa shape index (κ2) is 4.63. The number of para-hydroxylation sites is 1. The first-order chi connectivity index (χ1) is 8.22. The SMILES string of the molecule is COC(=O)C1OC1c1cccc(OC)c1OC. The molecular formula is C12H14O5. The van der Waals surface area contributed by atoms with Crippen LogP contribution in [0.15, 0.2) is 18.2 Å². The van der Waals surface area contributed by atoms with Crippen LogP contribution in [-0.2, 0) is 14.3 Å². The van der Waals surface area contributed by atoms with Crippen molar-refractivity contribution in [3.63, 3.8) is 0 Å². The van der Waals surface area contributed by atoms with Gasteiger partial charge in [0.15, 0.2) is 17.6 Å². The van der Waals surface area contributed by atoms with E-state index < -0.39 is 6.10 Å². The lowest BCUT2D eigenvalue weighted by Gasteiger charge is -2.10. The zero-order valence-electron chi connectivity index (χ0n) is 9.93. The molecule has 1 aliphatic rings. The number of esters is 1. The van der Waals surface area contributed by atoms with Gasteiger partial charge >= 0.3 is 5.97 Å². The molecule has 1 aromatic carbocycles. The van der Waals surface area contributed by atoms with Gasteiger partial charge in [-0.3, -0.25) is 0 Å². The summed E-state index contributed by atoms with van der Waals surface area (Å²) in [4.78, 5) is 11.3. The minimum Gasteiger partial charge on any atom is -0.493 e. The molecular weight excluding hydrogens is 224 g/mol. The Balaban J connectivity index is 2.26. The third-order valence-corrected chi connectivity index (χ3v) is 2.67. The lowest BCUT2D eigenvalue weighted by molar-refractivity contribution is -0.142. The van der Waals surface area contributed by atoms with Crippen LogP contribution in [-0.4, -0.2) is 33.4 Å². The third-order valence-electron chi connectivity index (χ3n) is 2.67. The molecule has 0 radical (unpaired) electrons. The zero-order valence-corrected chi connectivity index (χ0v) is 9.93. The number of benzene rings is 1. The Morgan fingerprint density at radius 2 is 2.00 bits per heavy atom. The Bertz CT molecular complexity index is 429. The predicted octanol–water partition coefficient (Wildman–Crippen LogP) is 1.32. The lowest BCUT2D eigenvalue weighted by atomic mass is 10.1. The number of methoxy groups -OCH3 is 3. The van der Waals surface area contributed by atoms with Gasteiger partial charge in [-0.1, -0.05) is 12.1 Å². The quantitative estimate of drug-likeness (QED) is 0.585. The van der Waals surface area contributed by atoms with Gasteiger partial charge in [0.05, 0.1) is 21.3 Å². The van der Waals surface area contributed by atoms with Gasteiger partial charge in [0.2, 0.25) is 0 Å². The molecule has 0 aliphatic carbocycles. The number of carbonyl (C=O) groups is 1. The highest BCUT2D eigenvalue weighted by Gasteiger charge is 2.48. The molecule has 0 spiro atoms. The van der Waals surface area contributed by atoms with Crippen molar-refractivity contribution < 1.29 is 23.7 Å². The molecule has 0 bridgehead atoms. The summed E-state index contributed by atoms with van der Waals surface area (Å²) < 4.78 is 20.4. The second-order valence-corrected chi connectivity index (χ2v) is 3.58. The summed E-state index contributed by atoms with van der Waals surface area (Å²) in [7, 11) is 4.45. The smallest absolute Gasteiger partial charge is 0.338 e. The fourth-order valence-corrected chi connectivity index (χ4v) is 1.78. The molecule has 1 aromatic rings. The Labute approximate surface area is 99.2 Å². The summed E-state index contributed by atoms with van der Waals surface area (Å²) in [6, 6.07) is 5.46. The van der Waals surface area contributed by atoms with E-state index in [9.17, 15) is 4.79 Å². The van der Waals surface area contributed by atoms with E-state index in [1.54, 1.807) is 20.3 Å². The van der Waals surface area contributed by atoms with Crippen LogP contribution in [0, 0.1) is 0 Å². The molecule has 92 valence electrons. The molecule has 1 fully saturated rings. The summed E-state index contributed by atoms with van der Waals surface area (Å²) >= 11 is 0. The van der Waals surface area contributed by atoms with E-state index in [0.29, 0.717) is 11.5 Å². The molecule has 2 unspecified atom stereocenters. The molecule has 0 aromatic heterocycles. The zero-order chi connectivity index (χ0) is 12.4. The van der Waals surface area contributed by atoms with E-state index in [0.717, 1.165) is 5.56 Å². The van der Waals surface area contributed by atoms with Gasteiger partial charge in [-0.15, -0.1) is 0 Å². The molecule has 1 heterocycles. The highest BCUT2D eigenvalue weighted by molar-refractivity contribution is 5.78. The molecule has 5 heteroatoms. The first-order valence-corrected chi connectivity index (χ1v) is 5.17. The monoisotopic (exact) mass is 238 g/mol. The van der Waals surface area contributed by atoms with Crippen LogP contribution in [0.4, 0.5) is 0 Å². The Kier molecular flexibility index (Phi) is 3.19. The Morgan fingerprint density at radius 3 is 2.59 bits per heavy atom. The number of carbonyl (C=O) groups excluding carboxylic acids is 1. The predicted molar refractivity (Wildman–Crippen MR) is 59.2 cm³/mol. The molecule has 2 rings (SSSR count). The third kappa shape index (κ3) is 2.06. The molecule has 1 aliphatic heterocycles. The van der Waals surface area contributed by atoms with Crippen molar-refractivity contribution in [2.45, 2.75) is 12.2 Å². The van der Waals surface area contributed by atoms with Crippen molar-refractivity contribution in [1.29, 1.82) is 0 Å². The molecule has 1 saturated heterocycles. The highest BCUT2D eigenvalue weighted by Crippen LogP contribution is 2.46. The van der Waals surface area contributed by atoms with Crippen molar-refractivity contribution in [2.24, 2.45) is 0 Å². The van der Waals surface area contributed by atoms with Crippen molar-refractivity contribution >= 4 is 5.97 Å². The van der Waals surface area contributed by atoms with Crippen LogP contribution < -0.4 is 9.47 Å². The van der Waals surface area contributed by atoms with Gasteiger partial charge in [0.25, 0.3) is 0 Å². The molecule has 0 saturated carbocycles. The average molecular weight is 238 g/mol. The minimum absolute atomic E-state index is 0.313. The Hall–Kier alpha value is -1.75. The largest absolute Gasteiger partial charge is 0.493 e. The normalized spacial score (nSPS) is 21.8. The van der Waals surface area contributed by atoms with Crippen LogP contribution in [0.2, 0.25) is 0 Å². The second-order valence-electron chi connectivity index (χ2n) is 3.58. The fraction of sp³-hybridized carbons (Fsp3) is 0.417. The number of hydrogen-bond acceptors (Lipinski definition) is 5. The minimum atomic E-state index is -0.541. The number of rotatable bonds is 4. The van der Waals surface area contributed by atoms with Gasteiger partial charge in [0, 0.05) is 5.56 Å². The standard InChI is InChI=1S/C12H14O5/c1-14-8-6-4-5-7(9(8)15-2)10-11(17-10)12(13)16-3/h4-6,10-11H,1-3H3. The van der Waals surface area contributed by atoms with Crippen LogP contribution >= 0.6 is 0 Å². The first-order valence-electron chi connectivity index (χ1n) is 5.17. The summed E-state index contributed by atoms with van der Waals surface area (Å²) in [5.74, 6) is 0.829. The maximum Gasteiger partial charge on any atom is 0.338 e. The number of hydrogen-bond donors (Lipinski definition) is 0. The number of epoxide rings is 1. The van der Waals surface area contributed by atoms with Crippen LogP contribution in [0.25, 0.3) is 0 Å². The van der Waals surface area contributed by atoms with E-state index in [-0.39, 0.29) is 12.1 Å². The van der Waals surface area contributed by atoms with Crippen molar-refractivity contribution in [3.05, 3.63) is 23.8 Å². The first kappa shape index (κ1) is 11.7. The van der Waals surface area contributed by atoms with Gasteiger partial charge < -0.3 is 18.9 Å². The van der Waals surface area contributed by atoms with Crippen molar-refractivity contribution in [2.75, 3.05) is 21.3 Å². The van der Waals surface area contributed by atoms with E-state index in [2.05, 4.69) is 4.74 Å². The van der Waals surface area contributed by atoms with Crippen molar-refractivity contribution in [3.8, 4) is 11.5 Å². The molecule has 0 amide bonds. The van der Waals surface area contributed by atoms with Crippen LogP contribution in [0.3, 0.4) is 0 Å². The van der Waals surface area contributed by atoms with E-state index >= 15 is 0 Å². The highest BCUT2D eigenvalue weighted by atomic mass is 16.6. The van der Waals surface area contributed by atoms with Gasteiger partial charge in [-0.2, -0.15) is 0 Å². The topological polar surface area (TPSA) is 57.3 Å². The molecule has 0 N–H and O–H groups in total. The van der Waals surface area contributed by atoms with Gasteiger partial charge in [0.1, 0.15) is 6.10 Å². The summed E-state index contributed by atoms with van der Waals surface area (Å²) in [6.07, 6.45) is -0.853. The fourth-order valence-electron chi connectivity index (χ4n) is 1.78. The Morgan fingerprint density at radius 1 is 1.24 bits per heavy atom. The van der Waals surface area contributed by atoms with Crippen molar-refractivity contribution in [1.82, 2.24) is 0 Å². The van der Waals surface area contributed by atoms with Crippen LogP contribution in [0.1, 0.15) is 11.7 Å². The van der Waals surface area contributed by atoms with E-state index in [1.165, 1.54) is 7.11 Å². The average Bonchev–Trinajstić information content (AvgIpc) is 3.16. The van der Waals surface area contributed by atoms with Crippen LogP contribution in [0.5, 0.6) is 11.5 Å². The summed E-state index contributed by atoms with van der Waals surface area (Å²) in [5.41, 5.74) is 0.794. The van der Waals surface area contributed by atoms with E-state index in [1.807, 2.05) is 12.1 Å². The van der Waals surface area contributed by atoms with E-state index in [4.69, 9.17) is 14.2 Å². The molecule has 2 atom stereocenters. The molecule has 17 heavy (non-hydrogen) atoms. The number of ether oxygens (including phenoxy) is 4. The molecule has 5 nitrogen and oxygen atoms in total. The maximum absolute atomic E-state index is 11.3. The summed E-state index contributed by atoms with van der Waals surface area (Å²) in [5, 5.41) is 0.